The number of methoxy groups -OCH3 is 1. The number of nitrogens with zero attached hydrogens (tertiary/aromatic N) is 2. The minimum absolute atomic E-state index is 0.686. The lowest BCUT2D eigenvalue weighted by Crippen LogP contribution is -2.27. The van der Waals surface area contributed by atoms with Crippen molar-refractivity contribution in [2.45, 2.75) is 32.4 Å². The van der Waals surface area contributed by atoms with Crippen molar-refractivity contribution >= 4 is 6.01 Å². The molecule has 2 rings (SSSR count). The molecule has 1 N–H and O–H groups in total. The number of nitrogens with one attached hydrogen (secondary N) is 1. The van der Waals surface area contributed by atoms with Gasteiger partial charge in [0.25, 0.3) is 6.01 Å². The van der Waals surface area contributed by atoms with Crippen molar-refractivity contribution in [1.82, 2.24) is 10.3 Å². The molecule has 1 aromatic heterocycles. The van der Waals surface area contributed by atoms with E-state index in [1.807, 2.05) is 0 Å². The maximum atomic E-state index is 5.49. The van der Waals surface area contributed by atoms with Crippen molar-refractivity contribution < 1.29 is 9.15 Å². The summed E-state index contributed by atoms with van der Waals surface area (Å²) in [6.07, 6.45) is 4.32. The van der Waals surface area contributed by atoms with Gasteiger partial charge in [-0.2, -0.15) is 4.98 Å². The second kappa shape index (κ2) is 6.02. The number of anilines is 1. The van der Waals surface area contributed by atoms with Crippen LogP contribution in [0.1, 0.15) is 25.5 Å². The van der Waals surface area contributed by atoms with Crippen LogP contribution in [0.5, 0.6) is 0 Å². The number of aromatic nitrogens is 1. The van der Waals surface area contributed by atoms with Crippen LogP contribution in [-0.4, -0.2) is 37.8 Å². The van der Waals surface area contributed by atoms with Gasteiger partial charge in [-0.05, 0) is 19.8 Å². The molecule has 96 valence electrons. The Morgan fingerprint density at radius 1 is 1.59 bits per heavy atom. The quantitative estimate of drug-likeness (QED) is 0.743. The molecule has 0 aliphatic heterocycles. The average Bonchev–Trinajstić information content (AvgIpc) is 3.07. The highest BCUT2D eigenvalue weighted by Gasteiger charge is 2.20. The Morgan fingerprint density at radius 3 is 3.06 bits per heavy atom. The van der Waals surface area contributed by atoms with E-state index < -0.39 is 0 Å². The molecule has 5 nitrogen and oxygen atoms in total. The number of hydrogen-bond acceptors (Lipinski definition) is 5. The second-order valence-corrected chi connectivity index (χ2v) is 4.35. The lowest BCUT2D eigenvalue weighted by atomic mass is 10.4. The maximum Gasteiger partial charge on any atom is 0.297 e. The fourth-order valence-corrected chi connectivity index (χ4v) is 1.65. The Bertz CT molecular complexity index is 336. The fourth-order valence-electron chi connectivity index (χ4n) is 1.65. The zero-order valence-corrected chi connectivity index (χ0v) is 10.6. The van der Waals surface area contributed by atoms with Crippen LogP contribution in [0.3, 0.4) is 0 Å². The Hall–Kier alpha value is -1.07. The van der Waals surface area contributed by atoms with Crippen LogP contribution in [0.15, 0.2) is 10.7 Å². The summed E-state index contributed by atoms with van der Waals surface area (Å²) >= 11 is 0. The molecule has 0 saturated heterocycles. The van der Waals surface area contributed by atoms with Gasteiger partial charge in [0.15, 0.2) is 0 Å². The first-order chi connectivity index (χ1) is 8.33. The standard InChI is InChI=1S/C12H21N3O2/c1-3-15(6-7-16-2)12-14-11(9-17-12)8-13-10-4-5-10/h9-10,13H,3-8H2,1-2H3. The molecular weight excluding hydrogens is 218 g/mol. The molecule has 0 radical (unpaired) electrons. The third-order valence-electron chi connectivity index (χ3n) is 2.91. The van der Waals surface area contributed by atoms with Crippen LogP contribution < -0.4 is 10.2 Å². The normalized spacial score (nSPS) is 15.2. The number of rotatable bonds is 8. The molecule has 0 spiro atoms. The van der Waals surface area contributed by atoms with Gasteiger partial charge in [0.1, 0.15) is 6.26 Å². The van der Waals surface area contributed by atoms with Gasteiger partial charge in [0.05, 0.1) is 12.3 Å². The zero-order chi connectivity index (χ0) is 12.1. The summed E-state index contributed by atoms with van der Waals surface area (Å²) in [5, 5.41) is 3.42. The van der Waals surface area contributed by atoms with Crippen LogP contribution >= 0.6 is 0 Å². The zero-order valence-electron chi connectivity index (χ0n) is 10.6. The van der Waals surface area contributed by atoms with Crippen LogP contribution in [0.4, 0.5) is 6.01 Å². The van der Waals surface area contributed by atoms with Crippen molar-refractivity contribution in [3.05, 3.63) is 12.0 Å². The van der Waals surface area contributed by atoms with E-state index >= 15 is 0 Å². The van der Waals surface area contributed by atoms with E-state index in [1.54, 1.807) is 13.4 Å². The van der Waals surface area contributed by atoms with Gasteiger partial charge in [-0.15, -0.1) is 0 Å². The smallest absolute Gasteiger partial charge is 0.297 e. The van der Waals surface area contributed by atoms with Gasteiger partial charge in [-0.3, -0.25) is 0 Å². The molecule has 5 heteroatoms. The molecule has 1 aromatic rings. The first-order valence-electron chi connectivity index (χ1n) is 6.25. The molecule has 0 bridgehead atoms. The van der Waals surface area contributed by atoms with E-state index in [1.165, 1.54) is 12.8 Å². The molecule has 1 aliphatic rings. The first-order valence-corrected chi connectivity index (χ1v) is 6.25. The number of likely N-dealkylation sites (N-methyl/N-ethyl adjacent to an activating group) is 1. The first kappa shape index (κ1) is 12.4. The van der Waals surface area contributed by atoms with Crippen molar-refractivity contribution in [1.29, 1.82) is 0 Å². The van der Waals surface area contributed by atoms with E-state index in [-0.39, 0.29) is 0 Å². The molecule has 1 fully saturated rings. The molecule has 1 heterocycles. The third kappa shape index (κ3) is 3.71. The van der Waals surface area contributed by atoms with Crippen molar-refractivity contribution in [2.75, 3.05) is 31.7 Å². The monoisotopic (exact) mass is 239 g/mol. The van der Waals surface area contributed by atoms with Gasteiger partial charge in [0, 0.05) is 32.8 Å². The Labute approximate surface area is 102 Å². The van der Waals surface area contributed by atoms with Crippen LogP contribution in [-0.2, 0) is 11.3 Å². The fraction of sp³-hybridized carbons (Fsp3) is 0.750. The topological polar surface area (TPSA) is 50.5 Å². The average molecular weight is 239 g/mol. The highest BCUT2D eigenvalue weighted by atomic mass is 16.5. The molecule has 0 unspecified atom stereocenters. The summed E-state index contributed by atoms with van der Waals surface area (Å²) in [6, 6.07) is 1.39. The van der Waals surface area contributed by atoms with Gasteiger partial charge < -0.3 is 19.4 Å². The SMILES string of the molecule is CCN(CCOC)c1nc(CNC2CC2)co1. The van der Waals surface area contributed by atoms with E-state index in [9.17, 15) is 0 Å². The van der Waals surface area contributed by atoms with Crippen molar-refractivity contribution in [3.8, 4) is 0 Å². The summed E-state index contributed by atoms with van der Waals surface area (Å²) in [6.45, 7) is 5.26. The van der Waals surface area contributed by atoms with E-state index in [0.29, 0.717) is 18.7 Å². The van der Waals surface area contributed by atoms with Crippen LogP contribution in [0, 0.1) is 0 Å². The summed E-state index contributed by atoms with van der Waals surface area (Å²) in [4.78, 5) is 6.55. The molecule has 1 aliphatic carbocycles. The minimum Gasteiger partial charge on any atom is -0.432 e. The van der Waals surface area contributed by atoms with Gasteiger partial charge in [-0.1, -0.05) is 0 Å². The van der Waals surface area contributed by atoms with Crippen LogP contribution in [0.2, 0.25) is 0 Å². The van der Waals surface area contributed by atoms with Crippen molar-refractivity contribution in [2.24, 2.45) is 0 Å². The predicted molar refractivity (Wildman–Crippen MR) is 66.1 cm³/mol. The number of hydrogen-bond donors (Lipinski definition) is 1. The van der Waals surface area contributed by atoms with Gasteiger partial charge in [-0.25, -0.2) is 0 Å². The molecular formula is C12H21N3O2. The molecule has 0 atom stereocenters. The Balaban J connectivity index is 1.85. The summed E-state index contributed by atoms with van der Waals surface area (Å²) in [5.41, 5.74) is 0.975. The summed E-state index contributed by atoms with van der Waals surface area (Å²) < 4.78 is 10.6. The molecule has 0 aromatic carbocycles. The highest BCUT2D eigenvalue weighted by molar-refractivity contribution is 5.26. The second-order valence-electron chi connectivity index (χ2n) is 4.35. The van der Waals surface area contributed by atoms with Crippen LogP contribution in [0.25, 0.3) is 0 Å². The van der Waals surface area contributed by atoms with Crippen molar-refractivity contribution in [3.63, 3.8) is 0 Å². The lowest BCUT2D eigenvalue weighted by Gasteiger charge is -2.17. The predicted octanol–water partition coefficient (Wildman–Crippen LogP) is 1.40. The minimum atomic E-state index is 0.686. The molecule has 0 amide bonds. The van der Waals surface area contributed by atoms with E-state index in [0.717, 1.165) is 25.3 Å². The van der Waals surface area contributed by atoms with E-state index in [4.69, 9.17) is 9.15 Å². The molecule has 17 heavy (non-hydrogen) atoms. The third-order valence-corrected chi connectivity index (χ3v) is 2.91. The van der Waals surface area contributed by atoms with E-state index in [2.05, 4.69) is 22.1 Å². The Morgan fingerprint density at radius 2 is 2.41 bits per heavy atom. The highest BCUT2D eigenvalue weighted by Crippen LogP contribution is 2.20. The lowest BCUT2D eigenvalue weighted by molar-refractivity contribution is 0.204. The van der Waals surface area contributed by atoms with Gasteiger partial charge in [0.2, 0.25) is 0 Å². The largest absolute Gasteiger partial charge is 0.432 e. The summed E-state index contributed by atoms with van der Waals surface area (Å²) in [5.74, 6) is 0. The molecule has 1 saturated carbocycles. The maximum absolute atomic E-state index is 5.49. The van der Waals surface area contributed by atoms with Gasteiger partial charge >= 0.3 is 0 Å². The number of ether oxygens (including phenoxy) is 1. The number of oxazole rings is 1. The summed E-state index contributed by atoms with van der Waals surface area (Å²) in [7, 11) is 1.70. The Kier molecular flexibility index (Phi) is 4.39.